The molecule has 0 aliphatic rings. The minimum Gasteiger partial charge on any atom is -0.336 e. The Labute approximate surface area is 97.5 Å². The second-order valence-corrected chi connectivity index (χ2v) is 3.31. The molecule has 0 amide bonds. The number of nitrogens with two attached hydrogens (primary N) is 1. The molecule has 0 saturated heterocycles. The summed E-state index contributed by atoms with van der Waals surface area (Å²) in [5, 5.41) is 21.4. The van der Waals surface area contributed by atoms with Gasteiger partial charge in [-0.3, -0.25) is 25.0 Å². The summed E-state index contributed by atoms with van der Waals surface area (Å²) in [5.41, 5.74) is -2.17. The second-order valence-electron chi connectivity index (χ2n) is 3.31. The van der Waals surface area contributed by atoms with E-state index in [0.29, 0.717) is 4.68 Å². The summed E-state index contributed by atoms with van der Waals surface area (Å²) >= 11 is 0. The van der Waals surface area contributed by atoms with Crippen molar-refractivity contribution in [3.8, 4) is 0 Å². The molecule has 2 aromatic rings. The molecule has 0 bridgehead atoms. The number of aromatic nitrogens is 2. The first kappa shape index (κ1) is 11.4. The van der Waals surface area contributed by atoms with Crippen LogP contribution in [0.4, 0.5) is 11.4 Å². The quantitative estimate of drug-likeness (QED) is 0.446. The van der Waals surface area contributed by atoms with E-state index in [1.54, 1.807) is 0 Å². The van der Waals surface area contributed by atoms with Gasteiger partial charge in [0.05, 0.1) is 39.2 Å². The zero-order valence-corrected chi connectivity index (χ0v) is 8.64. The molecule has 10 heteroatoms. The first-order valence-corrected chi connectivity index (χ1v) is 4.51. The van der Waals surface area contributed by atoms with Crippen molar-refractivity contribution in [1.29, 1.82) is 0 Å². The van der Waals surface area contributed by atoms with Crippen molar-refractivity contribution in [3.05, 3.63) is 48.9 Å². The Hall–Kier alpha value is -3.04. The van der Waals surface area contributed by atoms with Gasteiger partial charge in [0.2, 0.25) is 0 Å². The maximum atomic E-state index is 11.2. The summed E-state index contributed by atoms with van der Waals surface area (Å²) in [6.45, 7) is 0. The first-order valence-electron chi connectivity index (χ1n) is 4.51. The van der Waals surface area contributed by atoms with Crippen molar-refractivity contribution in [2.24, 2.45) is 0 Å². The largest absolute Gasteiger partial charge is 0.348 e. The molecule has 18 heavy (non-hydrogen) atoms. The summed E-state index contributed by atoms with van der Waals surface area (Å²) in [6, 6.07) is 1.75. The monoisotopic (exact) mass is 251 g/mol. The third-order valence-corrected chi connectivity index (χ3v) is 2.28. The summed E-state index contributed by atoms with van der Waals surface area (Å²) in [5.74, 6) is 5.39. The van der Waals surface area contributed by atoms with E-state index in [4.69, 9.17) is 5.84 Å². The molecule has 10 nitrogen and oxygen atoms in total. The molecule has 2 rings (SSSR count). The number of benzene rings is 1. The molecule has 0 atom stereocenters. The fraction of sp³-hybridized carbons (Fsp3) is 0. The Morgan fingerprint density at radius 1 is 1.17 bits per heavy atom. The highest BCUT2D eigenvalue weighted by Gasteiger charge is 2.26. The third kappa shape index (κ3) is 1.61. The van der Waals surface area contributed by atoms with E-state index < -0.39 is 26.8 Å². The van der Waals surface area contributed by atoms with Gasteiger partial charge < -0.3 is 5.84 Å². The Bertz CT molecular complexity index is 736. The van der Waals surface area contributed by atoms with E-state index in [1.165, 1.54) is 0 Å². The van der Waals surface area contributed by atoms with Crippen molar-refractivity contribution in [2.45, 2.75) is 0 Å². The number of nitrogen functional groups attached to an aromatic ring is 1. The van der Waals surface area contributed by atoms with Crippen LogP contribution >= 0.6 is 0 Å². The standard InChI is InChI=1S/C8H5N5O5/c9-11-5-2-7(13(17)18)6(12(15)16)1-4(5)10-3-8(11)14/h1-3H,9H2. The van der Waals surface area contributed by atoms with Crippen LogP contribution in [0.2, 0.25) is 0 Å². The fourth-order valence-corrected chi connectivity index (χ4v) is 1.45. The predicted octanol–water partition coefficient (Wildman–Crippen LogP) is -0.0733. The molecule has 0 fully saturated rings. The highest BCUT2D eigenvalue weighted by molar-refractivity contribution is 5.82. The van der Waals surface area contributed by atoms with Gasteiger partial charge in [-0.25, -0.2) is 9.66 Å². The van der Waals surface area contributed by atoms with Crippen LogP contribution in [-0.4, -0.2) is 19.5 Å². The van der Waals surface area contributed by atoms with Gasteiger partial charge in [-0.05, 0) is 0 Å². The lowest BCUT2D eigenvalue weighted by Crippen LogP contribution is -2.27. The smallest absolute Gasteiger partial charge is 0.336 e. The minimum absolute atomic E-state index is 0.0226. The van der Waals surface area contributed by atoms with Gasteiger partial charge in [0, 0.05) is 0 Å². The number of fused-ring (bicyclic) bond motifs is 1. The van der Waals surface area contributed by atoms with Gasteiger partial charge >= 0.3 is 11.4 Å². The molecule has 1 heterocycles. The van der Waals surface area contributed by atoms with E-state index >= 15 is 0 Å². The van der Waals surface area contributed by atoms with Crippen LogP contribution in [0.25, 0.3) is 11.0 Å². The van der Waals surface area contributed by atoms with Crippen molar-refractivity contribution in [3.63, 3.8) is 0 Å². The summed E-state index contributed by atoms with van der Waals surface area (Å²) in [7, 11) is 0. The summed E-state index contributed by atoms with van der Waals surface area (Å²) in [6.07, 6.45) is 0.873. The molecular weight excluding hydrogens is 246 g/mol. The molecule has 0 aliphatic carbocycles. The number of nitro groups is 2. The lowest BCUT2D eigenvalue weighted by atomic mass is 10.2. The Balaban J connectivity index is 2.94. The lowest BCUT2D eigenvalue weighted by Gasteiger charge is -2.03. The molecule has 0 spiro atoms. The Kier molecular flexibility index (Phi) is 2.39. The third-order valence-electron chi connectivity index (χ3n) is 2.28. The SMILES string of the molecule is Nn1c(=O)cnc2cc([N+](=O)[O-])c([N+](=O)[O-])cc21. The van der Waals surface area contributed by atoms with E-state index in [0.717, 1.165) is 18.3 Å². The molecule has 0 unspecified atom stereocenters. The average Bonchev–Trinajstić information content (AvgIpc) is 2.32. The zero-order valence-electron chi connectivity index (χ0n) is 8.64. The molecule has 1 aromatic heterocycles. The fourth-order valence-electron chi connectivity index (χ4n) is 1.45. The number of rotatable bonds is 2. The molecule has 92 valence electrons. The number of nitro benzene ring substituents is 2. The molecule has 0 saturated carbocycles. The van der Waals surface area contributed by atoms with Gasteiger partial charge in [0.15, 0.2) is 0 Å². The summed E-state index contributed by atoms with van der Waals surface area (Å²) in [4.78, 5) is 34.4. The molecule has 0 aliphatic heterocycles. The van der Waals surface area contributed by atoms with Crippen LogP contribution < -0.4 is 11.4 Å². The number of hydrogen-bond acceptors (Lipinski definition) is 7. The van der Waals surface area contributed by atoms with E-state index in [2.05, 4.69) is 4.98 Å². The predicted molar refractivity (Wildman–Crippen MR) is 59.5 cm³/mol. The van der Waals surface area contributed by atoms with Gasteiger partial charge in [-0.1, -0.05) is 0 Å². The van der Waals surface area contributed by atoms with Gasteiger partial charge in [-0.15, -0.1) is 0 Å². The van der Waals surface area contributed by atoms with Crippen LogP contribution in [0, 0.1) is 20.2 Å². The maximum absolute atomic E-state index is 11.2. The molecule has 2 N–H and O–H groups in total. The number of hydrogen-bond donors (Lipinski definition) is 1. The maximum Gasteiger partial charge on any atom is 0.348 e. The van der Waals surface area contributed by atoms with Crippen molar-refractivity contribution in [1.82, 2.24) is 9.66 Å². The Morgan fingerprint density at radius 2 is 1.72 bits per heavy atom. The normalized spacial score (nSPS) is 10.4. The Morgan fingerprint density at radius 3 is 2.28 bits per heavy atom. The summed E-state index contributed by atoms with van der Waals surface area (Å²) < 4.78 is 0.638. The van der Waals surface area contributed by atoms with Crippen LogP contribution in [0.15, 0.2) is 23.1 Å². The van der Waals surface area contributed by atoms with E-state index in [1.807, 2.05) is 0 Å². The van der Waals surface area contributed by atoms with E-state index in [-0.39, 0.29) is 11.0 Å². The van der Waals surface area contributed by atoms with E-state index in [9.17, 15) is 25.0 Å². The average molecular weight is 251 g/mol. The highest BCUT2D eigenvalue weighted by Crippen LogP contribution is 2.29. The van der Waals surface area contributed by atoms with Crippen LogP contribution in [-0.2, 0) is 0 Å². The van der Waals surface area contributed by atoms with Crippen LogP contribution in [0.3, 0.4) is 0 Å². The van der Waals surface area contributed by atoms with Gasteiger partial charge in [0.25, 0.3) is 5.56 Å². The molecule has 0 radical (unpaired) electrons. The van der Waals surface area contributed by atoms with Crippen molar-refractivity contribution in [2.75, 3.05) is 5.84 Å². The van der Waals surface area contributed by atoms with Gasteiger partial charge in [-0.2, -0.15) is 0 Å². The van der Waals surface area contributed by atoms with Crippen molar-refractivity contribution < 1.29 is 9.85 Å². The molecule has 1 aromatic carbocycles. The topological polar surface area (TPSA) is 147 Å². The lowest BCUT2D eigenvalue weighted by molar-refractivity contribution is -0.422. The van der Waals surface area contributed by atoms with Crippen molar-refractivity contribution >= 4 is 22.4 Å². The second kappa shape index (κ2) is 3.76. The highest BCUT2D eigenvalue weighted by atomic mass is 16.6. The minimum atomic E-state index is -0.922. The zero-order chi connectivity index (χ0) is 13.4. The number of nitrogens with zero attached hydrogens (tertiary/aromatic N) is 4. The molecular formula is C8H5N5O5. The first-order chi connectivity index (χ1) is 8.41. The van der Waals surface area contributed by atoms with Crippen LogP contribution in [0.1, 0.15) is 0 Å². The van der Waals surface area contributed by atoms with Crippen LogP contribution in [0.5, 0.6) is 0 Å². The van der Waals surface area contributed by atoms with Gasteiger partial charge in [0.1, 0.15) is 0 Å².